The summed E-state index contributed by atoms with van der Waals surface area (Å²) in [5.74, 6) is 1.07. The molecule has 0 spiro atoms. The molecule has 1 aromatic rings. The van der Waals surface area contributed by atoms with Crippen molar-refractivity contribution in [1.82, 2.24) is 4.90 Å². The van der Waals surface area contributed by atoms with Crippen LogP contribution in [-0.4, -0.2) is 29.1 Å². The molecule has 0 bridgehead atoms. The first-order valence-corrected chi connectivity index (χ1v) is 6.77. The average molecular weight is 245 g/mol. The van der Waals surface area contributed by atoms with Gasteiger partial charge in [-0.25, -0.2) is 4.79 Å². The average Bonchev–Trinajstić information content (AvgIpc) is 3.11. The highest BCUT2D eigenvalue weighted by Crippen LogP contribution is 2.41. The number of hydrogen-bond donors (Lipinski definition) is 1. The number of rotatable bonds is 4. The van der Waals surface area contributed by atoms with Crippen molar-refractivity contribution in [2.24, 2.45) is 11.8 Å². The van der Waals surface area contributed by atoms with Gasteiger partial charge in [-0.3, -0.25) is 4.90 Å². The molecular weight excluding hydrogens is 226 g/mol. The van der Waals surface area contributed by atoms with E-state index in [1.54, 1.807) is 12.1 Å². The van der Waals surface area contributed by atoms with Crippen molar-refractivity contribution >= 4 is 5.97 Å². The molecule has 1 unspecified atom stereocenters. The van der Waals surface area contributed by atoms with Gasteiger partial charge in [-0.1, -0.05) is 12.1 Å². The standard InChI is InChI=1S/C15H19NO2/c17-15(18)13-3-1-11(2-4-13)9-16-8-7-14(10-16)12-5-6-12/h1-4,12,14H,5-10H2,(H,17,18). The number of carboxylic acids is 1. The monoisotopic (exact) mass is 245 g/mol. The summed E-state index contributed by atoms with van der Waals surface area (Å²) >= 11 is 0. The molecule has 1 aromatic carbocycles. The molecule has 1 aliphatic heterocycles. The molecule has 1 N–H and O–H groups in total. The van der Waals surface area contributed by atoms with Crippen LogP contribution in [-0.2, 0) is 6.54 Å². The zero-order valence-electron chi connectivity index (χ0n) is 10.5. The van der Waals surface area contributed by atoms with Crippen LogP contribution in [0.5, 0.6) is 0 Å². The molecule has 1 atom stereocenters. The number of likely N-dealkylation sites (tertiary alicyclic amines) is 1. The van der Waals surface area contributed by atoms with E-state index in [0.717, 1.165) is 18.4 Å². The van der Waals surface area contributed by atoms with Crippen LogP contribution >= 0.6 is 0 Å². The summed E-state index contributed by atoms with van der Waals surface area (Å²) in [6.45, 7) is 3.39. The third kappa shape index (κ3) is 2.56. The number of aromatic carboxylic acids is 1. The highest BCUT2D eigenvalue weighted by Gasteiger charge is 2.35. The minimum absolute atomic E-state index is 0.371. The van der Waals surface area contributed by atoms with Gasteiger partial charge in [0.1, 0.15) is 0 Å². The zero-order valence-corrected chi connectivity index (χ0v) is 10.5. The summed E-state index contributed by atoms with van der Waals surface area (Å²) in [4.78, 5) is 13.3. The Kier molecular flexibility index (Phi) is 3.08. The van der Waals surface area contributed by atoms with Crippen LogP contribution in [0.2, 0.25) is 0 Å². The van der Waals surface area contributed by atoms with E-state index < -0.39 is 5.97 Å². The van der Waals surface area contributed by atoms with Gasteiger partial charge in [0, 0.05) is 13.1 Å². The molecule has 96 valence electrons. The van der Waals surface area contributed by atoms with Gasteiger partial charge in [-0.2, -0.15) is 0 Å². The maximum Gasteiger partial charge on any atom is 0.335 e. The Hall–Kier alpha value is -1.35. The van der Waals surface area contributed by atoms with Crippen molar-refractivity contribution in [3.05, 3.63) is 35.4 Å². The highest BCUT2D eigenvalue weighted by atomic mass is 16.4. The predicted octanol–water partition coefficient (Wildman–Crippen LogP) is 2.62. The molecule has 0 aromatic heterocycles. The molecule has 0 amide bonds. The fourth-order valence-corrected chi connectivity index (χ4v) is 2.97. The second-order valence-electron chi connectivity index (χ2n) is 5.62. The SMILES string of the molecule is O=C(O)c1ccc(CN2CCC(C3CC3)C2)cc1. The smallest absolute Gasteiger partial charge is 0.335 e. The number of hydrogen-bond acceptors (Lipinski definition) is 2. The molecule has 1 saturated heterocycles. The largest absolute Gasteiger partial charge is 0.478 e. The van der Waals surface area contributed by atoms with Gasteiger partial charge in [-0.05, 0) is 55.3 Å². The quantitative estimate of drug-likeness (QED) is 0.886. The van der Waals surface area contributed by atoms with Crippen molar-refractivity contribution in [1.29, 1.82) is 0 Å². The van der Waals surface area contributed by atoms with Crippen molar-refractivity contribution < 1.29 is 9.90 Å². The van der Waals surface area contributed by atoms with E-state index in [-0.39, 0.29) is 0 Å². The van der Waals surface area contributed by atoms with Crippen molar-refractivity contribution in [2.45, 2.75) is 25.8 Å². The summed E-state index contributed by atoms with van der Waals surface area (Å²) in [6.07, 6.45) is 4.22. The molecule has 1 heterocycles. The van der Waals surface area contributed by atoms with Gasteiger partial charge in [0.25, 0.3) is 0 Å². The highest BCUT2D eigenvalue weighted by molar-refractivity contribution is 5.87. The van der Waals surface area contributed by atoms with Crippen LogP contribution in [0.15, 0.2) is 24.3 Å². The molecular formula is C15H19NO2. The van der Waals surface area contributed by atoms with Crippen LogP contribution in [0.25, 0.3) is 0 Å². The summed E-state index contributed by atoms with van der Waals surface area (Å²) in [5, 5.41) is 8.85. The van der Waals surface area contributed by atoms with Gasteiger partial charge < -0.3 is 5.11 Å². The van der Waals surface area contributed by atoms with Crippen LogP contribution in [0.4, 0.5) is 0 Å². The Balaban J connectivity index is 1.57. The minimum atomic E-state index is -0.850. The van der Waals surface area contributed by atoms with E-state index in [0.29, 0.717) is 5.56 Å². The maximum absolute atomic E-state index is 10.8. The predicted molar refractivity (Wildman–Crippen MR) is 69.5 cm³/mol. The van der Waals surface area contributed by atoms with Gasteiger partial charge in [0.05, 0.1) is 5.56 Å². The van der Waals surface area contributed by atoms with Crippen LogP contribution in [0, 0.1) is 11.8 Å². The molecule has 3 rings (SSSR count). The first kappa shape index (κ1) is 11.7. The lowest BCUT2D eigenvalue weighted by Gasteiger charge is -2.16. The molecule has 2 aliphatic rings. The Bertz CT molecular complexity index is 436. The summed E-state index contributed by atoms with van der Waals surface area (Å²) in [5.41, 5.74) is 1.59. The number of carboxylic acid groups (broad SMARTS) is 1. The van der Waals surface area contributed by atoms with E-state index in [4.69, 9.17) is 5.11 Å². The third-order valence-electron chi connectivity index (χ3n) is 4.20. The Morgan fingerprint density at radius 2 is 1.89 bits per heavy atom. The second-order valence-corrected chi connectivity index (χ2v) is 5.62. The molecule has 18 heavy (non-hydrogen) atoms. The molecule has 0 radical (unpaired) electrons. The maximum atomic E-state index is 10.8. The minimum Gasteiger partial charge on any atom is -0.478 e. The Labute approximate surface area is 107 Å². The lowest BCUT2D eigenvalue weighted by molar-refractivity contribution is 0.0697. The lowest BCUT2D eigenvalue weighted by Crippen LogP contribution is -2.20. The number of nitrogens with zero attached hydrogens (tertiary/aromatic N) is 1. The molecule has 3 nitrogen and oxygen atoms in total. The van der Waals surface area contributed by atoms with Crippen molar-refractivity contribution in [2.75, 3.05) is 13.1 Å². The Morgan fingerprint density at radius 1 is 1.17 bits per heavy atom. The first-order valence-electron chi connectivity index (χ1n) is 6.77. The summed E-state index contributed by atoms with van der Waals surface area (Å²) < 4.78 is 0. The van der Waals surface area contributed by atoms with Gasteiger partial charge in [-0.15, -0.1) is 0 Å². The van der Waals surface area contributed by atoms with E-state index >= 15 is 0 Å². The molecule has 1 saturated carbocycles. The van der Waals surface area contributed by atoms with Crippen molar-refractivity contribution in [3.63, 3.8) is 0 Å². The zero-order chi connectivity index (χ0) is 12.5. The van der Waals surface area contributed by atoms with Crippen LogP contribution in [0.3, 0.4) is 0 Å². The first-order chi connectivity index (χ1) is 8.72. The topological polar surface area (TPSA) is 40.5 Å². The van der Waals surface area contributed by atoms with E-state index in [1.165, 1.54) is 37.9 Å². The normalized spacial score (nSPS) is 24.3. The van der Waals surface area contributed by atoms with Crippen molar-refractivity contribution in [3.8, 4) is 0 Å². The molecule has 2 fully saturated rings. The van der Waals surface area contributed by atoms with Gasteiger partial charge >= 0.3 is 5.97 Å². The van der Waals surface area contributed by atoms with E-state index in [1.807, 2.05) is 12.1 Å². The number of benzene rings is 1. The summed E-state index contributed by atoms with van der Waals surface area (Å²) in [6, 6.07) is 7.28. The second kappa shape index (κ2) is 4.73. The van der Waals surface area contributed by atoms with E-state index in [2.05, 4.69) is 4.90 Å². The summed E-state index contributed by atoms with van der Waals surface area (Å²) in [7, 11) is 0. The third-order valence-corrected chi connectivity index (χ3v) is 4.20. The fraction of sp³-hybridized carbons (Fsp3) is 0.533. The Morgan fingerprint density at radius 3 is 2.50 bits per heavy atom. The molecule has 3 heteroatoms. The molecule has 1 aliphatic carbocycles. The lowest BCUT2D eigenvalue weighted by atomic mass is 10.0. The van der Waals surface area contributed by atoms with Crippen LogP contribution in [0.1, 0.15) is 35.2 Å². The fourth-order valence-electron chi connectivity index (χ4n) is 2.97. The van der Waals surface area contributed by atoms with Gasteiger partial charge in [0.15, 0.2) is 0 Å². The van der Waals surface area contributed by atoms with E-state index in [9.17, 15) is 4.79 Å². The number of carbonyl (C=O) groups is 1. The van der Waals surface area contributed by atoms with Gasteiger partial charge in [0.2, 0.25) is 0 Å². The van der Waals surface area contributed by atoms with Crippen LogP contribution < -0.4 is 0 Å².